The van der Waals surface area contributed by atoms with E-state index in [-0.39, 0.29) is 24.3 Å². The highest BCUT2D eigenvalue weighted by molar-refractivity contribution is 6.02. The van der Waals surface area contributed by atoms with E-state index in [1.165, 1.54) is 31.4 Å². The largest absolute Gasteiger partial charge is 0.573 e. The number of halogens is 3. The minimum atomic E-state index is -4.73. The van der Waals surface area contributed by atoms with Crippen LogP contribution in [-0.2, 0) is 20.8 Å². The Hall–Kier alpha value is -2.48. The number of rotatable bonds is 5. The highest BCUT2D eigenvalue weighted by Crippen LogP contribution is 2.35. The van der Waals surface area contributed by atoms with Gasteiger partial charge in [-0.25, -0.2) is 0 Å². The smallest absolute Gasteiger partial charge is 0.500 e. The lowest BCUT2D eigenvalue weighted by Crippen LogP contribution is -2.25. The molecular formula is C18H18F3NO4. The summed E-state index contributed by atoms with van der Waals surface area (Å²) in [4.78, 5) is 14.3. The van der Waals surface area contributed by atoms with Crippen LogP contribution in [0, 0.1) is 0 Å². The Morgan fingerprint density at radius 2 is 1.88 bits per heavy atom. The van der Waals surface area contributed by atoms with E-state index in [2.05, 4.69) is 4.74 Å². The molecule has 1 fully saturated rings. The molecule has 1 aromatic rings. The van der Waals surface area contributed by atoms with Crippen LogP contribution in [0.2, 0.25) is 0 Å². The van der Waals surface area contributed by atoms with E-state index in [0.717, 1.165) is 5.57 Å². The van der Waals surface area contributed by atoms with Gasteiger partial charge in [-0.2, -0.15) is 0 Å². The Balaban J connectivity index is 1.75. The van der Waals surface area contributed by atoms with Crippen molar-refractivity contribution in [2.45, 2.75) is 25.4 Å². The predicted molar refractivity (Wildman–Crippen MR) is 86.1 cm³/mol. The second-order valence-corrected chi connectivity index (χ2v) is 6.03. The van der Waals surface area contributed by atoms with E-state index in [9.17, 15) is 18.0 Å². The van der Waals surface area contributed by atoms with Crippen LogP contribution in [0.25, 0.3) is 0 Å². The fourth-order valence-electron chi connectivity index (χ4n) is 3.14. The van der Waals surface area contributed by atoms with Crippen LogP contribution in [0.15, 0.2) is 47.2 Å². The van der Waals surface area contributed by atoms with Crippen LogP contribution in [-0.4, -0.2) is 44.0 Å². The molecule has 26 heavy (non-hydrogen) atoms. The molecule has 5 nitrogen and oxygen atoms in total. The number of carbonyl (C=O) groups excluding carboxylic acids is 1. The lowest BCUT2D eigenvalue weighted by molar-refractivity contribution is -0.274. The highest BCUT2D eigenvalue weighted by Gasteiger charge is 2.37. The molecule has 140 valence electrons. The molecule has 0 saturated carbocycles. The first kappa shape index (κ1) is 18.3. The Morgan fingerprint density at radius 1 is 1.19 bits per heavy atom. The third-order valence-electron chi connectivity index (χ3n) is 4.32. The molecule has 1 amide bonds. The maximum Gasteiger partial charge on any atom is 0.573 e. The summed E-state index contributed by atoms with van der Waals surface area (Å²) in [5.74, 6) is 0.145. The molecule has 0 N–H and O–H groups in total. The fourth-order valence-corrected chi connectivity index (χ4v) is 3.14. The summed E-state index contributed by atoms with van der Waals surface area (Å²) in [5.41, 5.74) is 2.11. The van der Waals surface area contributed by atoms with Gasteiger partial charge in [0, 0.05) is 26.6 Å². The first-order valence-corrected chi connectivity index (χ1v) is 7.95. The number of methoxy groups -OCH3 is 2. The summed E-state index contributed by atoms with van der Waals surface area (Å²) in [5, 5.41) is 0. The monoisotopic (exact) mass is 369 g/mol. The van der Waals surface area contributed by atoms with Gasteiger partial charge in [-0.05, 0) is 29.3 Å². The Kier molecular flexibility index (Phi) is 4.95. The van der Waals surface area contributed by atoms with Crippen molar-refractivity contribution in [1.82, 2.24) is 4.90 Å². The average Bonchev–Trinajstić information content (AvgIpc) is 2.90. The van der Waals surface area contributed by atoms with Gasteiger partial charge in [-0.1, -0.05) is 12.1 Å². The number of ether oxygens (including phenoxy) is 3. The van der Waals surface area contributed by atoms with Crippen LogP contribution < -0.4 is 4.74 Å². The average molecular weight is 369 g/mol. The van der Waals surface area contributed by atoms with E-state index >= 15 is 0 Å². The molecule has 0 aromatic heterocycles. The zero-order chi connectivity index (χ0) is 18.9. The van der Waals surface area contributed by atoms with E-state index in [1.807, 2.05) is 6.08 Å². The van der Waals surface area contributed by atoms with Crippen LogP contribution in [0.1, 0.15) is 12.0 Å². The molecule has 8 heteroatoms. The van der Waals surface area contributed by atoms with Gasteiger partial charge in [0.25, 0.3) is 5.91 Å². The van der Waals surface area contributed by atoms with E-state index in [1.54, 1.807) is 12.0 Å². The second kappa shape index (κ2) is 7.03. The van der Waals surface area contributed by atoms with Crippen molar-refractivity contribution in [3.05, 3.63) is 52.8 Å². The lowest BCUT2D eigenvalue weighted by atomic mass is 9.96. The van der Waals surface area contributed by atoms with Crippen molar-refractivity contribution >= 4 is 5.91 Å². The number of nitrogens with zero attached hydrogens (tertiary/aromatic N) is 1. The van der Waals surface area contributed by atoms with Gasteiger partial charge in [0.05, 0.1) is 18.8 Å². The highest BCUT2D eigenvalue weighted by atomic mass is 19.4. The molecular weight excluding hydrogens is 351 g/mol. The minimum Gasteiger partial charge on any atom is -0.500 e. The summed E-state index contributed by atoms with van der Waals surface area (Å²) < 4.78 is 51.2. The Bertz CT molecular complexity index is 753. The van der Waals surface area contributed by atoms with Crippen LogP contribution >= 0.6 is 0 Å². The first-order valence-electron chi connectivity index (χ1n) is 7.95. The van der Waals surface area contributed by atoms with Gasteiger partial charge in [-0.3, -0.25) is 4.79 Å². The number of amides is 1. The molecule has 1 aliphatic carbocycles. The number of benzene rings is 1. The number of carbonyl (C=O) groups is 1. The maximum absolute atomic E-state index is 12.7. The van der Waals surface area contributed by atoms with Crippen LogP contribution in [0.3, 0.4) is 0 Å². The van der Waals surface area contributed by atoms with E-state index < -0.39 is 6.36 Å². The lowest BCUT2D eigenvalue weighted by Gasteiger charge is -2.20. The van der Waals surface area contributed by atoms with Gasteiger partial charge in [0.2, 0.25) is 0 Å². The Labute approximate surface area is 148 Å². The number of likely N-dealkylation sites (tertiary alicyclic amines) is 1. The number of hydrogen-bond acceptors (Lipinski definition) is 4. The summed E-state index contributed by atoms with van der Waals surface area (Å²) in [6, 6.07) is 5.48. The number of fused-ring (bicyclic) bond motifs is 1. The standard InChI is InChI=1S/C18H18F3NO4/c1-24-14-7-12-10-22(17(23)16(12)15(8-14)25-2)9-11-3-5-13(6-4-11)26-18(19,20)21/h3-7,14H,8-10H2,1-2H3. The van der Waals surface area contributed by atoms with Gasteiger partial charge >= 0.3 is 6.36 Å². The summed E-state index contributed by atoms with van der Waals surface area (Å²) in [6.45, 7) is 0.683. The molecule has 1 heterocycles. The molecule has 1 saturated heterocycles. The topological polar surface area (TPSA) is 48.0 Å². The van der Waals surface area contributed by atoms with Gasteiger partial charge in [-0.15, -0.1) is 13.2 Å². The van der Waals surface area contributed by atoms with Crippen LogP contribution in [0.4, 0.5) is 13.2 Å². The second-order valence-electron chi connectivity index (χ2n) is 6.03. The SMILES string of the molecule is COC1=C2C(=O)N(Cc3ccc(OC(F)(F)F)cc3)CC2=CC(OC)C1. The minimum absolute atomic E-state index is 0.143. The molecule has 0 spiro atoms. The molecule has 1 aliphatic heterocycles. The zero-order valence-electron chi connectivity index (χ0n) is 14.3. The normalized spacial score (nSPS) is 20.2. The summed E-state index contributed by atoms with van der Waals surface area (Å²) in [6.07, 6.45) is -2.46. The molecule has 3 rings (SSSR count). The molecule has 2 aliphatic rings. The Morgan fingerprint density at radius 3 is 2.46 bits per heavy atom. The fraction of sp³-hybridized carbons (Fsp3) is 0.389. The third-order valence-corrected chi connectivity index (χ3v) is 4.32. The number of alkyl halides is 3. The summed E-state index contributed by atoms with van der Waals surface area (Å²) >= 11 is 0. The number of hydrogen-bond donors (Lipinski definition) is 0. The van der Waals surface area contributed by atoms with Crippen molar-refractivity contribution in [2.24, 2.45) is 0 Å². The van der Waals surface area contributed by atoms with Crippen molar-refractivity contribution in [2.75, 3.05) is 20.8 Å². The molecule has 0 radical (unpaired) electrons. The van der Waals surface area contributed by atoms with Crippen molar-refractivity contribution in [3.8, 4) is 5.75 Å². The van der Waals surface area contributed by atoms with Gasteiger partial charge in [0.15, 0.2) is 0 Å². The zero-order valence-corrected chi connectivity index (χ0v) is 14.3. The summed E-state index contributed by atoms with van der Waals surface area (Å²) in [7, 11) is 3.12. The quantitative estimate of drug-likeness (QED) is 0.800. The first-order chi connectivity index (χ1) is 12.3. The predicted octanol–water partition coefficient (Wildman–Crippen LogP) is 3.17. The molecule has 1 atom stereocenters. The molecule has 1 unspecified atom stereocenters. The van der Waals surface area contributed by atoms with Gasteiger partial charge < -0.3 is 19.1 Å². The molecule has 0 bridgehead atoms. The maximum atomic E-state index is 12.7. The van der Waals surface area contributed by atoms with Gasteiger partial charge in [0.1, 0.15) is 11.5 Å². The molecule has 1 aromatic carbocycles. The van der Waals surface area contributed by atoms with E-state index in [4.69, 9.17) is 9.47 Å². The van der Waals surface area contributed by atoms with E-state index in [0.29, 0.717) is 29.9 Å². The van der Waals surface area contributed by atoms with Crippen molar-refractivity contribution < 1.29 is 32.2 Å². The van der Waals surface area contributed by atoms with Crippen molar-refractivity contribution in [3.63, 3.8) is 0 Å². The van der Waals surface area contributed by atoms with Crippen LogP contribution in [0.5, 0.6) is 5.75 Å². The van der Waals surface area contributed by atoms with Crippen molar-refractivity contribution in [1.29, 1.82) is 0 Å². The third kappa shape index (κ3) is 3.85.